The van der Waals surface area contributed by atoms with E-state index in [1.54, 1.807) is 12.5 Å². The van der Waals surface area contributed by atoms with Crippen molar-refractivity contribution in [2.45, 2.75) is 0 Å². The Morgan fingerprint density at radius 2 is 1.45 bits per heavy atom. The van der Waals surface area contributed by atoms with Crippen molar-refractivity contribution in [3.05, 3.63) is 36.8 Å². The minimum Gasteiger partial charge on any atom is -0.464 e. The first-order valence-electron chi connectivity index (χ1n) is 3.24. The molecule has 0 aliphatic carbocycles. The lowest BCUT2D eigenvalue weighted by atomic mass is 10.7. The number of rotatable bonds is 2. The zero-order valence-corrected chi connectivity index (χ0v) is 6.62. The molecule has 0 unspecified atom stereocenters. The molecule has 0 N–H and O–H groups in total. The van der Waals surface area contributed by atoms with Gasteiger partial charge in [-0.05, 0) is 24.3 Å². The second-order valence-electron chi connectivity index (χ2n) is 2.01. The van der Waals surface area contributed by atoms with Crippen LogP contribution < -0.4 is 11.0 Å². The van der Waals surface area contributed by atoms with Gasteiger partial charge >= 0.3 is 0 Å². The lowest BCUT2D eigenvalue weighted by molar-refractivity contribution is 0.595. The normalized spacial score (nSPS) is 10.2. The standard InChI is InChI=1S/C8H6O2P/c1-3-7(9-5-1)11-8-4-2-6-10-8/h1-6H. The van der Waals surface area contributed by atoms with E-state index in [2.05, 4.69) is 0 Å². The summed E-state index contributed by atoms with van der Waals surface area (Å²) in [4.78, 5) is 0. The molecule has 2 aromatic rings. The third-order valence-corrected chi connectivity index (χ3v) is 2.18. The molecule has 0 spiro atoms. The van der Waals surface area contributed by atoms with Gasteiger partial charge < -0.3 is 8.83 Å². The van der Waals surface area contributed by atoms with Crippen LogP contribution in [0.1, 0.15) is 0 Å². The molecule has 0 saturated carbocycles. The highest BCUT2D eigenvalue weighted by Gasteiger charge is 2.00. The van der Waals surface area contributed by atoms with E-state index >= 15 is 0 Å². The molecule has 0 aromatic carbocycles. The van der Waals surface area contributed by atoms with Gasteiger partial charge in [-0.25, -0.2) is 0 Å². The summed E-state index contributed by atoms with van der Waals surface area (Å²) in [7, 11) is 0.980. The van der Waals surface area contributed by atoms with Gasteiger partial charge in [0.05, 0.1) is 21.1 Å². The van der Waals surface area contributed by atoms with Gasteiger partial charge in [0, 0.05) is 0 Å². The van der Waals surface area contributed by atoms with Crippen LogP contribution in [-0.2, 0) is 0 Å². The first-order chi connectivity index (χ1) is 5.45. The van der Waals surface area contributed by atoms with Crippen molar-refractivity contribution in [3.8, 4) is 0 Å². The van der Waals surface area contributed by atoms with Crippen molar-refractivity contribution >= 4 is 19.6 Å². The minimum atomic E-state index is 0.903. The van der Waals surface area contributed by atoms with E-state index in [1.807, 2.05) is 24.3 Å². The molecule has 0 aliphatic rings. The van der Waals surface area contributed by atoms with E-state index < -0.39 is 0 Å². The maximum atomic E-state index is 5.13. The molecule has 11 heavy (non-hydrogen) atoms. The predicted molar refractivity (Wildman–Crippen MR) is 43.6 cm³/mol. The van der Waals surface area contributed by atoms with E-state index in [-0.39, 0.29) is 0 Å². The quantitative estimate of drug-likeness (QED) is 0.634. The Morgan fingerprint density at radius 1 is 0.909 bits per heavy atom. The molecule has 55 valence electrons. The van der Waals surface area contributed by atoms with E-state index in [0.29, 0.717) is 0 Å². The Hall–Kier alpha value is -1.01. The highest BCUT2D eigenvalue weighted by molar-refractivity contribution is 7.54. The predicted octanol–water partition coefficient (Wildman–Crippen LogP) is 1.77. The fraction of sp³-hybridized carbons (Fsp3) is 0. The van der Waals surface area contributed by atoms with Crippen LogP contribution in [-0.4, -0.2) is 0 Å². The molecule has 0 amide bonds. The summed E-state index contributed by atoms with van der Waals surface area (Å²) in [6.07, 6.45) is 3.32. The first-order valence-corrected chi connectivity index (χ1v) is 4.13. The third kappa shape index (κ3) is 1.52. The molecular formula is C8H6O2P. The molecule has 0 fully saturated rings. The maximum Gasteiger partial charge on any atom is 0.138 e. The van der Waals surface area contributed by atoms with Gasteiger partial charge in [0.2, 0.25) is 0 Å². The minimum absolute atomic E-state index is 0.903. The van der Waals surface area contributed by atoms with Gasteiger partial charge in [0.15, 0.2) is 0 Å². The fourth-order valence-electron chi connectivity index (χ4n) is 0.776. The number of hydrogen-bond acceptors (Lipinski definition) is 2. The monoisotopic (exact) mass is 165 g/mol. The maximum absolute atomic E-state index is 5.13. The van der Waals surface area contributed by atoms with Crippen LogP contribution in [0.5, 0.6) is 0 Å². The molecule has 2 heterocycles. The van der Waals surface area contributed by atoms with Crippen molar-refractivity contribution in [1.82, 2.24) is 0 Å². The summed E-state index contributed by atoms with van der Waals surface area (Å²) < 4.78 is 10.3. The third-order valence-electron chi connectivity index (χ3n) is 1.23. The summed E-state index contributed by atoms with van der Waals surface area (Å²) in [5.41, 5.74) is 1.81. The van der Waals surface area contributed by atoms with Gasteiger partial charge in [-0.1, -0.05) is 0 Å². The second kappa shape index (κ2) is 2.93. The molecule has 2 rings (SSSR count). The highest BCUT2D eigenvalue weighted by Crippen LogP contribution is 2.09. The summed E-state index contributed by atoms with van der Waals surface area (Å²) in [5.74, 6) is 0. The van der Waals surface area contributed by atoms with E-state index in [9.17, 15) is 0 Å². The zero-order chi connectivity index (χ0) is 7.52. The largest absolute Gasteiger partial charge is 0.464 e. The Bertz CT molecular complexity index is 264. The van der Waals surface area contributed by atoms with Crippen LogP contribution in [0, 0.1) is 0 Å². The molecule has 2 aromatic heterocycles. The summed E-state index contributed by atoms with van der Waals surface area (Å²) in [6, 6.07) is 7.57. The van der Waals surface area contributed by atoms with Gasteiger partial charge in [0.1, 0.15) is 11.0 Å². The van der Waals surface area contributed by atoms with E-state index in [1.165, 1.54) is 0 Å². The highest BCUT2D eigenvalue weighted by atomic mass is 31.1. The summed E-state index contributed by atoms with van der Waals surface area (Å²) >= 11 is 0. The molecule has 0 atom stereocenters. The Balaban J connectivity index is 2.14. The van der Waals surface area contributed by atoms with Crippen molar-refractivity contribution in [2.24, 2.45) is 0 Å². The summed E-state index contributed by atoms with van der Waals surface area (Å²) in [6.45, 7) is 0. The van der Waals surface area contributed by atoms with E-state index in [4.69, 9.17) is 8.83 Å². The van der Waals surface area contributed by atoms with Crippen LogP contribution in [0.2, 0.25) is 0 Å². The average molecular weight is 165 g/mol. The lowest BCUT2D eigenvalue weighted by Gasteiger charge is -1.88. The number of furan rings is 2. The molecule has 0 saturated heterocycles. The molecule has 1 radical (unpaired) electrons. The molecule has 0 aliphatic heterocycles. The van der Waals surface area contributed by atoms with Gasteiger partial charge in [0.25, 0.3) is 0 Å². The smallest absolute Gasteiger partial charge is 0.138 e. The Labute approximate surface area is 66.0 Å². The van der Waals surface area contributed by atoms with Crippen molar-refractivity contribution in [2.75, 3.05) is 0 Å². The molecule has 2 nitrogen and oxygen atoms in total. The molecular weight excluding hydrogens is 159 g/mol. The SMILES string of the molecule is c1coc([P]c2ccco2)c1. The topological polar surface area (TPSA) is 26.3 Å². The first kappa shape index (κ1) is 6.68. The Morgan fingerprint density at radius 3 is 1.82 bits per heavy atom. The van der Waals surface area contributed by atoms with Crippen molar-refractivity contribution in [1.29, 1.82) is 0 Å². The lowest BCUT2D eigenvalue weighted by Crippen LogP contribution is -1.96. The van der Waals surface area contributed by atoms with Crippen molar-refractivity contribution in [3.63, 3.8) is 0 Å². The second-order valence-corrected chi connectivity index (χ2v) is 3.12. The van der Waals surface area contributed by atoms with Gasteiger partial charge in [-0.2, -0.15) is 0 Å². The fourth-order valence-corrected chi connectivity index (χ4v) is 1.54. The summed E-state index contributed by atoms with van der Waals surface area (Å²) in [5, 5.41) is 0. The van der Waals surface area contributed by atoms with Crippen LogP contribution in [0.15, 0.2) is 45.6 Å². The average Bonchev–Trinajstić information content (AvgIpc) is 2.60. The molecule has 0 bridgehead atoms. The molecule has 3 heteroatoms. The van der Waals surface area contributed by atoms with Crippen LogP contribution in [0.25, 0.3) is 0 Å². The zero-order valence-electron chi connectivity index (χ0n) is 5.73. The van der Waals surface area contributed by atoms with Crippen LogP contribution in [0.3, 0.4) is 0 Å². The van der Waals surface area contributed by atoms with Gasteiger partial charge in [-0.3, -0.25) is 0 Å². The Kier molecular flexibility index (Phi) is 1.78. The van der Waals surface area contributed by atoms with Crippen molar-refractivity contribution < 1.29 is 8.83 Å². The van der Waals surface area contributed by atoms with Crippen LogP contribution >= 0.6 is 8.58 Å². The number of hydrogen-bond donors (Lipinski definition) is 0. The van der Waals surface area contributed by atoms with Gasteiger partial charge in [-0.15, -0.1) is 0 Å². The van der Waals surface area contributed by atoms with E-state index in [0.717, 1.165) is 19.6 Å². The van der Waals surface area contributed by atoms with Crippen LogP contribution in [0.4, 0.5) is 0 Å².